The number of carbonyl (C=O) groups excluding carboxylic acids is 2. The van der Waals surface area contributed by atoms with Crippen LogP contribution in [0.15, 0.2) is 65.4 Å². The molecule has 0 radical (unpaired) electrons. The summed E-state index contributed by atoms with van der Waals surface area (Å²) < 4.78 is 6.73. The third-order valence-corrected chi connectivity index (χ3v) is 5.26. The molecule has 0 spiro atoms. The zero-order valence-corrected chi connectivity index (χ0v) is 17.0. The van der Waals surface area contributed by atoms with Crippen molar-refractivity contribution in [3.63, 3.8) is 0 Å². The lowest BCUT2D eigenvalue weighted by atomic mass is 9.99. The summed E-state index contributed by atoms with van der Waals surface area (Å²) in [5.74, 6) is -0.664. The number of aromatic nitrogens is 1. The first-order chi connectivity index (χ1) is 15.0. The molecule has 0 fully saturated rings. The maximum absolute atomic E-state index is 12.5. The third-order valence-electron chi connectivity index (χ3n) is 5.26. The van der Waals surface area contributed by atoms with E-state index in [1.165, 1.54) is 7.11 Å². The van der Waals surface area contributed by atoms with Gasteiger partial charge in [-0.1, -0.05) is 42.5 Å². The smallest absolute Gasteiger partial charge is 0.328 e. The van der Waals surface area contributed by atoms with Gasteiger partial charge in [-0.3, -0.25) is 10.1 Å². The fourth-order valence-electron chi connectivity index (χ4n) is 3.63. The van der Waals surface area contributed by atoms with Crippen LogP contribution in [0.5, 0.6) is 0 Å². The molecule has 0 saturated heterocycles. The molecular formula is C23H21N3O5. The van der Waals surface area contributed by atoms with E-state index in [1.54, 1.807) is 25.1 Å². The summed E-state index contributed by atoms with van der Waals surface area (Å²) in [6.45, 7) is 1.84. The predicted octanol–water partition coefficient (Wildman–Crippen LogP) is 3.28. The average molecular weight is 419 g/mol. The van der Waals surface area contributed by atoms with Crippen molar-refractivity contribution in [1.29, 1.82) is 0 Å². The van der Waals surface area contributed by atoms with Gasteiger partial charge in [0.05, 0.1) is 12.7 Å². The monoisotopic (exact) mass is 419 g/mol. The van der Waals surface area contributed by atoms with Crippen LogP contribution in [0.25, 0.3) is 17.0 Å². The molecule has 158 valence electrons. The van der Waals surface area contributed by atoms with Gasteiger partial charge < -0.3 is 9.30 Å². The second-order valence-corrected chi connectivity index (χ2v) is 7.14. The van der Waals surface area contributed by atoms with E-state index in [1.807, 2.05) is 47.2 Å². The molecule has 2 N–H and O–H groups in total. The number of amides is 1. The minimum Gasteiger partial charge on any atom is -0.467 e. The van der Waals surface area contributed by atoms with Crippen molar-refractivity contribution in [2.24, 2.45) is 5.10 Å². The lowest BCUT2D eigenvalue weighted by Gasteiger charge is -2.12. The van der Waals surface area contributed by atoms with Crippen molar-refractivity contribution in [2.75, 3.05) is 7.11 Å². The van der Waals surface area contributed by atoms with Crippen LogP contribution >= 0.6 is 0 Å². The summed E-state index contributed by atoms with van der Waals surface area (Å²) in [5, 5.41) is 13.7. The second-order valence-electron chi connectivity index (χ2n) is 7.14. The lowest BCUT2D eigenvalue weighted by molar-refractivity contribution is -0.253. The van der Waals surface area contributed by atoms with Crippen LogP contribution in [-0.4, -0.2) is 34.5 Å². The minimum absolute atomic E-state index is 0.0739. The summed E-state index contributed by atoms with van der Waals surface area (Å²) in [5.41, 5.74) is 6.63. The van der Waals surface area contributed by atoms with E-state index in [0.717, 1.165) is 27.6 Å². The number of nitrogens with one attached hydrogen (secondary N) is 1. The summed E-state index contributed by atoms with van der Waals surface area (Å²) in [6, 6.07) is 14.3. The second kappa shape index (κ2) is 8.55. The van der Waals surface area contributed by atoms with Gasteiger partial charge in [-0.15, -0.1) is 0 Å². The van der Waals surface area contributed by atoms with E-state index in [2.05, 4.69) is 15.4 Å². The zero-order valence-electron chi connectivity index (χ0n) is 17.0. The van der Waals surface area contributed by atoms with Gasteiger partial charge in [0.25, 0.3) is 5.91 Å². The molecule has 31 heavy (non-hydrogen) atoms. The van der Waals surface area contributed by atoms with Crippen LogP contribution in [0.3, 0.4) is 0 Å². The van der Waals surface area contributed by atoms with Gasteiger partial charge in [0.1, 0.15) is 18.4 Å². The highest BCUT2D eigenvalue weighted by Gasteiger charge is 2.25. The number of ether oxygens (including phenoxy) is 1. The largest absolute Gasteiger partial charge is 0.467 e. The molecule has 0 bridgehead atoms. The Morgan fingerprint density at radius 2 is 1.97 bits per heavy atom. The standard InChI is InChI=1S/C23H21N3O5/c1-14(23(28)30-2)26-12-17(18-5-3-4-6-20(18)26)11-19-21(24-25-22(19)27)16-9-7-15(8-10-16)13-31-29/h3-12,14,29H,13H2,1-2H3,(H,25,27)/b19-11-. The Kier molecular flexibility index (Phi) is 5.66. The molecule has 2 aromatic carbocycles. The summed E-state index contributed by atoms with van der Waals surface area (Å²) in [4.78, 5) is 28.8. The van der Waals surface area contributed by atoms with Crippen molar-refractivity contribution >= 4 is 34.6 Å². The highest BCUT2D eigenvalue weighted by molar-refractivity contribution is 6.33. The molecule has 4 rings (SSSR count). The first kappa shape index (κ1) is 20.5. The van der Waals surface area contributed by atoms with Crippen molar-refractivity contribution in [1.82, 2.24) is 9.99 Å². The number of hydrogen-bond donors (Lipinski definition) is 2. The molecule has 1 aromatic heterocycles. The number of hydrazone groups is 1. The van der Waals surface area contributed by atoms with E-state index >= 15 is 0 Å². The van der Waals surface area contributed by atoms with Crippen molar-refractivity contribution in [2.45, 2.75) is 19.6 Å². The van der Waals surface area contributed by atoms with Gasteiger partial charge in [-0.05, 0) is 24.6 Å². The molecule has 1 atom stereocenters. The van der Waals surface area contributed by atoms with Gasteiger partial charge >= 0.3 is 5.97 Å². The number of rotatable bonds is 6. The Bertz CT molecular complexity index is 1210. The Labute approximate surface area is 178 Å². The van der Waals surface area contributed by atoms with Crippen molar-refractivity contribution < 1.29 is 24.5 Å². The van der Waals surface area contributed by atoms with Crippen molar-refractivity contribution in [3.8, 4) is 0 Å². The summed E-state index contributed by atoms with van der Waals surface area (Å²) in [7, 11) is 1.36. The Balaban J connectivity index is 1.77. The quantitative estimate of drug-likeness (QED) is 0.276. The molecular weight excluding hydrogens is 398 g/mol. The fraction of sp³-hybridized carbons (Fsp3) is 0.174. The maximum atomic E-state index is 12.5. The average Bonchev–Trinajstić information content (AvgIpc) is 3.35. The lowest BCUT2D eigenvalue weighted by Crippen LogP contribution is -2.16. The van der Waals surface area contributed by atoms with Crippen LogP contribution < -0.4 is 5.43 Å². The number of nitrogens with zero attached hydrogens (tertiary/aromatic N) is 2. The molecule has 1 unspecified atom stereocenters. The SMILES string of the molecule is COC(=O)C(C)n1cc(/C=C2\C(=O)NN=C2c2ccc(COO)cc2)c2ccccc21. The van der Waals surface area contributed by atoms with E-state index in [9.17, 15) is 9.59 Å². The Morgan fingerprint density at radius 3 is 2.68 bits per heavy atom. The number of para-hydroxylation sites is 1. The van der Waals surface area contributed by atoms with E-state index in [-0.39, 0.29) is 18.5 Å². The molecule has 0 aliphatic carbocycles. The van der Waals surface area contributed by atoms with Gasteiger partial charge in [-0.25, -0.2) is 15.1 Å². The van der Waals surface area contributed by atoms with Gasteiger partial charge in [0.15, 0.2) is 0 Å². The number of carbonyl (C=O) groups is 2. The zero-order chi connectivity index (χ0) is 22.0. The van der Waals surface area contributed by atoms with E-state index in [4.69, 9.17) is 9.99 Å². The number of hydrogen-bond acceptors (Lipinski definition) is 6. The molecule has 2 heterocycles. The minimum atomic E-state index is -0.520. The normalized spacial score (nSPS) is 15.8. The maximum Gasteiger partial charge on any atom is 0.328 e. The molecule has 0 saturated carbocycles. The number of esters is 1. The highest BCUT2D eigenvalue weighted by Crippen LogP contribution is 2.28. The molecule has 8 nitrogen and oxygen atoms in total. The number of fused-ring (bicyclic) bond motifs is 1. The predicted molar refractivity (Wildman–Crippen MR) is 115 cm³/mol. The fourth-order valence-corrected chi connectivity index (χ4v) is 3.63. The van der Waals surface area contributed by atoms with E-state index in [0.29, 0.717) is 11.3 Å². The number of methoxy groups -OCH3 is 1. The van der Waals surface area contributed by atoms with Crippen LogP contribution in [0.2, 0.25) is 0 Å². The van der Waals surface area contributed by atoms with Gasteiger partial charge in [0, 0.05) is 28.2 Å². The van der Waals surface area contributed by atoms with Gasteiger partial charge in [-0.2, -0.15) is 5.10 Å². The first-order valence-corrected chi connectivity index (χ1v) is 9.66. The first-order valence-electron chi connectivity index (χ1n) is 9.66. The Hall–Kier alpha value is -3.75. The van der Waals surface area contributed by atoms with Crippen LogP contribution in [0.1, 0.15) is 29.7 Å². The van der Waals surface area contributed by atoms with Crippen LogP contribution in [0, 0.1) is 0 Å². The number of benzene rings is 2. The molecule has 8 heteroatoms. The highest BCUT2D eigenvalue weighted by atomic mass is 17.1. The molecule has 1 aliphatic rings. The summed E-state index contributed by atoms with van der Waals surface area (Å²) in [6.07, 6.45) is 3.61. The molecule has 3 aromatic rings. The summed E-state index contributed by atoms with van der Waals surface area (Å²) >= 11 is 0. The van der Waals surface area contributed by atoms with Gasteiger partial charge in [0.2, 0.25) is 0 Å². The Morgan fingerprint density at radius 1 is 1.23 bits per heavy atom. The van der Waals surface area contributed by atoms with E-state index < -0.39 is 6.04 Å². The van der Waals surface area contributed by atoms with Crippen molar-refractivity contribution in [3.05, 3.63) is 77.0 Å². The van der Waals surface area contributed by atoms with Crippen LogP contribution in [0.4, 0.5) is 0 Å². The topological polar surface area (TPSA) is 102 Å². The van der Waals surface area contributed by atoms with Crippen LogP contribution in [-0.2, 0) is 25.8 Å². The third kappa shape index (κ3) is 3.86. The molecule has 1 aliphatic heterocycles. The molecule has 1 amide bonds.